The molecule has 0 aromatic heterocycles. The lowest BCUT2D eigenvalue weighted by Gasteiger charge is -2.16. The smallest absolute Gasteiger partial charge is 0.338 e. The van der Waals surface area contributed by atoms with Crippen molar-refractivity contribution in [3.05, 3.63) is 70.3 Å². The Morgan fingerprint density at radius 2 is 1.58 bits per heavy atom. The second kappa shape index (κ2) is 7.21. The Bertz CT molecular complexity index is 775. The van der Waals surface area contributed by atoms with Crippen molar-refractivity contribution in [1.82, 2.24) is 0 Å². The van der Waals surface area contributed by atoms with E-state index in [0.717, 1.165) is 19.3 Å². The number of hydrogen-bond donors (Lipinski definition) is 0. The van der Waals surface area contributed by atoms with Crippen molar-refractivity contribution in [1.29, 1.82) is 0 Å². The SMILES string of the molecule is O=Cc1ccc(C(=O)OCC(=O)c2ccc3c(c2)CCCC3)cc1. The van der Waals surface area contributed by atoms with Gasteiger partial charge in [-0.05, 0) is 55.0 Å². The maximum Gasteiger partial charge on any atom is 0.338 e. The third-order valence-corrected chi connectivity index (χ3v) is 4.29. The lowest BCUT2D eigenvalue weighted by molar-refractivity contribution is 0.0474. The van der Waals surface area contributed by atoms with Crippen LogP contribution in [0.15, 0.2) is 42.5 Å². The predicted octanol–water partition coefficient (Wildman–Crippen LogP) is 3.42. The molecule has 0 bridgehead atoms. The lowest BCUT2D eigenvalue weighted by Crippen LogP contribution is -2.15. The van der Waals surface area contributed by atoms with Gasteiger partial charge in [-0.15, -0.1) is 0 Å². The van der Waals surface area contributed by atoms with Crippen molar-refractivity contribution >= 4 is 18.0 Å². The zero-order valence-corrected chi connectivity index (χ0v) is 13.3. The van der Waals surface area contributed by atoms with Gasteiger partial charge in [-0.25, -0.2) is 4.79 Å². The minimum atomic E-state index is -0.571. The summed E-state index contributed by atoms with van der Waals surface area (Å²) in [4.78, 5) is 34.8. The molecule has 2 aromatic carbocycles. The Kier molecular flexibility index (Phi) is 4.85. The number of fused-ring (bicyclic) bond motifs is 1. The van der Waals surface area contributed by atoms with E-state index < -0.39 is 5.97 Å². The molecule has 0 aliphatic heterocycles. The fourth-order valence-corrected chi connectivity index (χ4v) is 2.90. The maximum absolute atomic E-state index is 12.2. The van der Waals surface area contributed by atoms with Crippen molar-refractivity contribution in [3.8, 4) is 0 Å². The number of aldehydes is 1. The molecule has 0 amide bonds. The number of aryl methyl sites for hydroxylation is 2. The second-order valence-electron chi connectivity index (χ2n) is 5.93. The number of hydrogen-bond acceptors (Lipinski definition) is 4. The molecule has 0 N–H and O–H groups in total. The molecule has 2 aromatic rings. The molecule has 0 atom stereocenters. The standard InChI is InChI=1S/C20H18O4/c21-12-14-5-7-16(8-6-14)20(23)24-13-19(22)18-10-9-15-3-1-2-4-17(15)11-18/h5-12H,1-4,13H2. The van der Waals surface area contributed by atoms with Gasteiger partial charge in [0, 0.05) is 11.1 Å². The van der Waals surface area contributed by atoms with E-state index in [9.17, 15) is 14.4 Å². The van der Waals surface area contributed by atoms with Gasteiger partial charge in [0.1, 0.15) is 6.29 Å². The van der Waals surface area contributed by atoms with Crippen molar-refractivity contribution < 1.29 is 19.1 Å². The minimum absolute atomic E-state index is 0.207. The van der Waals surface area contributed by atoms with Gasteiger partial charge in [-0.1, -0.05) is 24.3 Å². The molecule has 0 saturated heterocycles. The van der Waals surface area contributed by atoms with Crippen molar-refractivity contribution in [2.75, 3.05) is 6.61 Å². The van der Waals surface area contributed by atoms with E-state index in [2.05, 4.69) is 0 Å². The minimum Gasteiger partial charge on any atom is -0.454 e. The van der Waals surface area contributed by atoms with Crippen LogP contribution >= 0.6 is 0 Å². The van der Waals surface area contributed by atoms with E-state index in [1.54, 1.807) is 6.07 Å². The fourth-order valence-electron chi connectivity index (χ4n) is 2.90. The molecule has 0 saturated carbocycles. The van der Waals surface area contributed by atoms with Crippen LogP contribution in [-0.2, 0) is 17.6 Å². The van der Waals surface area contributed by atoms with Crippen LogP contribution in [0, 0.1) is 0 Å². The number of Topliss-reactive ketones (excluding diaryl/α,β-unsaturated/α-hetero) is 1. The Hall–Kier alpha value is -2.75. The maximum atomic E-state index is 12.2. The van der Waals surface area contributed by atoms with Crippen LogP contribution in [0.1, 0.15) is 55.0 Å². The average molecular weight is 322 g/mol. The quantitative estimate of drug-likeness (QED) is 0.481. The first-order valence-corrected chi connectivity index (χ1v) is 8.05. The summed E-state index contributed by atoms with van der Waals surface area (Å²) in [6.07, 6.45) is 5.11. The molecule has 0 unspecified atom stereocenters. The summed E-state index contributed by atoms with van der Waals surface area (Å²) >= 11 is 0. The molecule has 4 heteroatoms. The summed E-state index contributed by atoms with van der Waals surface area (Å²) in [6, 6.07) is 11.8. The highest BCUT2D eigenvalue weighted by atomic mass is 16.5. The Balaban J connectivity index is 1.62. The van der Waals surface area contributed by atoms with Gasteiger partial charge in [0.05, 0.1) is 5.56 Å². The van der Waals surface area contributed by atoms with Crippen LogP contribution in [0.3, 0.4) is 0 Å². The van der Waals surface area contributed by atoms with Crippen LogP contribution in [-0.4, -0.2) is 24.6 Å². The van der Waals surface area contributed by atoms with E-state index in [1.165, 1.54) is 41.8 Å². The first-order valence-electron chi connectivity index (χ1n) is 8.05. The first kappa shape index (κ1) is 16.1. The summed E-state index contributed by atoms with van der Waals surface area (Å²) in [5, 5.41) is 0. The lowest BCUT2D eigenvalue weighted by atomic mass is 9.90. The van der Waals surface area contributed by atoms with Gasteiger partial charge in [0.15, 0.2) is 12.4 Å². The number of ether oxygens (including phenoxy) is 1. The fraction of sp³-hybridized carbons (Fsp3) is 0.250. The summed E-state index contributed by atoms with van der Waals surface area (Å²) < 4.78 is 5.09. The molecule has 24 heavy (non-hydrogen) atoms. The molecule has 1 aliphatic rings. The van der Waals surface area contributed by atoms with E-state index in [-0.39, 0.29) is 12.4 Å². The molecule has 0 heterocycles. The molecular weight excluding hydrogens is 304 g/mol. The normalized spacial score (nSPS) is 13.0. The third kappa shape index (κ3) is 3.59. The van der Waals surface area contributed by atoms with Gasteiger partial charge in [0.2, 0.25) is 0 Å². The van der Waals surface area contributed by atoms with Gasteiger partial charge < -0.3 is 4.74 Å². The van der Waals surface area contributed by atoms with Gasteiger partial charge in [-0.2, -0.15) is 0 Å². The van der Waals surface area contributed by atoms with E-state index >= 15 is 0 Å². The summed E-state index contributed by atoms with van der Waals surface area (Å²) in [6.45, 7) is -0.285. The summed E-state index contributed by atoms with van der Waals surface area (Å²) in [7, 11) is 0. The number of rotatable bonds is 5. The second-order valence-corrected chi connectivity index (χ2v) is 5.93. The van der Waals surface area contributed by atoms with E-state index in [0.29, 0.717) is 23.0 Å². The molecule has 0 radical (unpaired) electrons. The molecule has 4 nitrogen and oxygen atoms in total. The highest BCUT2D eigenvalue weighted by Crippen LogP contribution is 2.22. The monoisotopic (exact) mass is 322 g/mol. The highest BCUT2D eigenvalue weighted by molar-refractivity contribution is 5.99. The number of ketones is 1. The van der Waals surface area contributed by atoms with E-state index in [4.69, 9.17) is 4.74 Å². The summed E-state index contributed by atoms with van der Waals surface area (Å²) in [5.74, 6) is -0.778. The van der Waals surface area contributed by atoms with Crippen LogP contribution in [0.25, 0.3) is 0 Å². The zero-order chi connectivity index (χ0) is 16.9. The number of benzene rings is 2. The van der Waals surface area contributed by atoms with Crippen LogP contribution < -0.4 is 0 Å². The third-order valence-electron chi connectivity index (χ3n) is 4.29. The Morgan fingerprint density at radius 1 is 0.917 bits per heavy atom. The number of carbonyl (C=O) groups is 3. The first-order chi connectivity index (χ1) is 11.7. The Morgan fingerprint density at radius 3 is 2.29 bits per heavy atom. The molecule has 1 aliphatic carbocycles. The van der Waals surface area contributed by atoms with Crippen LogP contribution in [0.5, 0.6) is 0 Å². The number of carbonyl (C=O) groups excluding carboxylic acids is 3. The van der Waals surface area contributed by atoms with Gasteiger partial charge in [-0.3, -0.25) is 9.59 Å². The molecule has 122 valence electrons. The molecule has 0 spiro atoms. The van der Waals surface area contributed by atoms with Crippen LogP contribution in [0.4, 0.5) is 0 Å². The number of esters is 1. The Labute approximate surface area is 140 Å². The van der Waals surface area contributed by atoms with Gasteiger partial charge >= 0.3 is 5.97 Å². The summed E-state index contributed by atoms with van der Waals surface area (Å²) in [5.41, 5.74) is 3.92. The highest BCUT2D eigenvalue weighted by Gasteiger charge is 2.15. The van der Waals surface area contributed by atoms with E-state index in [1.807, 2.05) is 12.1 Å². The van der Waals surface area contributed by atoms with Crippen molar-refractivity contribution in [2.24, 2.45) is 0 Å². The topological polar surface area (TPSA) is 60.4 Å². The zero-order valence-electron chi connectivity index (χ0n) is 13.3. The molecule has 0 fully saturated rings. The van der Waals surface area contributed by atoms with Crippen LogP contribution in [0.2, 0.25) is 0 Å². The van der Waals surface area contributed by atoms with Gasteiger partial charge in [0.25, 0.3) is 0 Å². The largest absolute Gasteiger partial charge is 0.454 e. The average Bonchev–Trinajstić information content (AvgIpc) is 2.65. The molecular formula is C20H18O4. The van der Waals surface area contributed by atoms with Crippen molar-refractivity contribution in [2.45, 2.75) is 25.7 Å². The predicted molar refractivity (Wildman–Crippen MR) is 89.5 cm³/mol. The van der Waals surface area contributed by atoms with Crippen molar-refractivity contribution in [3.63, 3.8) is 0 Å². The molecule has 3 rings (SSSR count).